The fraction of sp³-hybridized carbons (Fsp3) is 0.333. The molecule has 9 heteroatoms. The van der Waals surface area contributed by atoms with Gasteiger partial charge in [-0.2, -0.15) is 11.8 Å². The molecule has 0 saturated heterocycles. The van der Waals surface area contributed by atoms with Gasteiger partial charge >= 0.3 is 0 Å². The first-order valence-corrected chi connectivity index (χ1v) is 7.67. The first kappa shape index (κ1) is 17.3. The summed E-state index contributed by atoms with van der Waals surface area (Å²) in [5, 5.41) is 13.2. The van der Waals surface area contributed by atoms with E-state index in [0.29, 0.717) is 12.2 Å². The van der Waals surface area contributed by atoms with Gasteiger partial charge in [0, 0.05) is 12.1 Å². The van der Waals surface area contributed by atoms with Crippen LogP contribution in [0.4, 0.5) is 5.69 Å². The number of carbonyl (C=O) groups is 2. The molecule has 1 rings (SSSR count). The van der Waals surface area contributed by atoms with Gasteiger partial charge in [0.15, 0.2) is 0 Å². The molecule has 1 atom stereocenters. The minimum Gasteiger partial charge on any atom is -0.368 e. The molecule has 0 bridgehead atoms. The monoisotopic (exact) mass is 331 g/mol. The van der Waals surface area contributed by atoms with E-state index in [9.17, 15) is 19.7 Å². The first-order chi connectivity index (χ1) is 9.86. The number of primary amides is 1. The number of nitro benzene ring substituents is 1. The predicted molar refractivity (Wildman–Crippen MR) is 81.6 cm³/mol. The highest BCUT2D eigenvalue weighted by Gasteiger charge is 2.21. The van der Waals surface area contributed by atoms with Crippen LogP contribution in [0.3, 0.4) is 0 Å². The van der Waals surface area contributed by atoms with E-state index in [-0.39, 0.29) is 16.3 Å². The number of hydrogen-bond donors (Lipinski definition) is 2. The van der Waals surface area contributed by atoms with Crippen LogP contribution in [0.2, 0.25) is 5.02 Å². The average Bonchev–Trinajstić information content (AvgIpc) is 2.42. The molecule has 0 aliphatic heterocycles. The molecule has 0 spiro atoms. The van der Waals surface area contributed by atoms with Crippen molar-refractivity contribution in [3.63, 3.8) is 0 Å². The number of carbonyl (C=O) groups excluding carboxylic acids is 2. The van der Waals surface area contributed by atoms with Gasteiger partial charge in [0.25, 0.3) is 11.6 Å². The number of benzene rings is 1. The normalized spacial score (nSPS) is 11.7. The summed E-state index contributed by atoms with van der Waals surface area (Å²) in [5.74, 6) is -0.705. The summed E-state index contributed by atoms with van der Waals surface area (Å²) in [6, 6.07) is 2.67. The van der Waals surface area contributed by atoms with Crippen molar-refractivity contribution >= 4 is 40.9 Å². The average molecular weight is 332 g/mol. The third-order valence-electron chi connectivity index (χ3n) is 2.66. The smallest absolute Gasteiger partial charge is 0.270 e. The molecule has 0 unspecified atom stereocenters. The highest BCUT2D eigenvalue weighted by atomic mass is 35.5. The van der Waals surface area contributed by atoms with Crippen LogP contribution in [0, 0.1) is 10.1 Å². The van der Waals surface area contributed by atoms with Gasteiger partial charge in [-0.3, -0.25) is 19.7 Å². The van der Waals surface area contributed by atoms with Crippen LogP contribution < -0.4 is 11.1 Å². The van der Waals surface area contributed by atoms with E-state index in [1.807, 2.05) is 6.26 Å². The lowest BCUT2D eigenvalue weighted by molar-refractivity contribution is -0.384. The summed E-state index contributed by atoms with van der Waals surface area (Å²) < 4.78 is 0. The Balaban J connectivity index is 2.94. The van der Waals surface area contributed by atoms with E-state index in [4.69, 9.17) is 17.3 Å². The standard InChI is InChI=1S/C12H14ClN3O4S/c1-21-5-4-10(11(14)17)15-12(18)8-6-7(16(19)20)2-3-9(8)13/h2-3,6,10H,4-5H2,1H3,(H2,14,17)(H,15,18)/t10-/m0/s1. The quantitative estimate of drug-likeness (QED) is 0.581. The molecule has 0 fully saturated rings. The lowest BCUT2D eigenvalue weighted by Crippen LogP contribution is -2.44. The summed E-state index contributed by atoms with van der Waals surface area (Å²) in [6.07, 6.45) is 2.23. The number of nitrogens with two attached hydrogens (primary N) is 1. The van der Waals surface area contributed by atoms with Crippen molar-refractivity contribution in [1.29, 1.82) is 0 Å². The Morgan fingerprint density at radius 2 is 2.19 bits per heavy atom. The molecule has 7 nitrogen and oxygen atoms in total. The summed E-state index contributed by atoms with van der Waals surface area (Å²) in [6.45, 7) is 0. The summed E-state index contributed by atoms with van der Waals surface area (Å²) >= 11 is 7.36. The maximum atomic E-state index is 12.1. The highest BCUT2D eigenvalue weighted by Crippen LogP contribution is 2.22. The zero-order chi connectivity index (χ0) is 16.0. The van der Waals surface area contributed by atoms with Gasteiger partial charge < -0.3 is 11.1 Å². The fourth-order valence-corrected chi connectivity index (χ4v) is 2.23. The predicted octanol–water partition coefficient (Wildman–Crippen LogP) is 1.58. The minimum absolute atomic E-state index is 0.0613. The SMILES string of the molecule is CSCC[C@H](NC(=O)c1cc([N+](=O)[O-])ccc1Cl)C(N)=O. The lowest BCUT2D eigenvalue weighted by atomic mass is 10.1. The van der Waals surface area contributed by atoms with Gasteiger partial charge in [0.1, 0.15) is 6.04 Å². The van der Waals surface area contributed by atoms with Crippen LogP contribution in [0.25, 0.3) is 0 Å². The number of nitro groups is 1. The molecule has 0 heterocycles. The van der Waals surface area contributed by atoms with E-state index in [1.165, 1.54) is 23.9 Å². The zero-order valence-corrected chi connectivity index (χ0v) is 12.7. The summed E-state index contributed by atoms with van der Waals surface area (Å²) in [5.41, 5.74) is 4.89. The first-order valence-electron chi connectivity index (χ1n) is 5.90. The van der Waals surface area contributed by atoms with Gasteiger partial charge in [-0.25, -0.2) is 0 Å². The second-order valence-electron chi connectivity index (χ2n) is 4.13. The van der Waals surface area contributed by atoms with Crippen molar-refractivity contribution in [2.24, 2.45) is 5.73 Å². The number of nitrogens with zero attached hydrogens (tertiary/aromatic N) is 1. The van der Waals surface area contributed by atoms with E-state index in [0.717, 1.165) is 6.07 Å². The van der Waals surface area contributed by atoms with Crippen molar-refractivity contribution in [1.82, 2.24) is 5.32 Å². The Hall–Kier alpha value is -1.80. The zero-order valence-electron chi connectivity index (χ0n) is 11.2. The molecular weight excluding hydrogens is 318 g/mol. The molecule has 114 valence electrons. The van der Waals surface area contributed by atoms with E-state index < -0.39 is 22.8 Å². The molecule has 3 N–H and O–H groups in total. The second kappa shape index (κ2) is 7.84. The van der Waals surface area contributed by atoms with Crippen LogP contribution in [0.15, 0.2) is 18.2 Å². The third kappa shape index (κ3) is 4.91. The minimum atomic E-state index is -0.847. The van der Waals surface area contributed by atoms with E-state index >= 15 is 0 Å². The Morgan fingerprint density at radius 1 is 1.52 bits per heavy atom. The molecule has 21 heavy (non-hydrogen) atoms. The van der Waals surface area contributed by atoms with Crippen molar-refractivity contribution in [3.05, 3.63) is 38.9 Å². The molecule has 2 amide bonds. The maximum Gasteiger partial charge on any atom is 0.270 e. The van der Waals surface area contributed by atoms with Gasteiger partial charge in [-0.1, -0.05) is 11.6 Å². The summed E-state index contributed by atoms with van der Waals surface area (Å²) in [7, 11) is 0. The van der Waals surface area contributed by atoms with E-state index in [1.54, 1.807) is 0 Å². The highest BCUT2D eigenvalue weighted by molar-refractivity contribution is 7.98. The van der Waals surface area contributed by atoms with Crippen LogP contribution >= 0.6 is 23.4 Å². The molecule has 0 aliphatic rings. The largest absolute Gasteiger partial charge is 0.368 e. The van der Waals surface area contributed by atoms with Gasteiger partial charge in [0.05, 0.1) is 15.5 Å². The van der Waals surface area contributed by atoms with Crippen LogP contribution in [-0.4, -0.2) is 34.8 Å². The Morgan fingerprint density at radius 3 is 2.71 bits per heavy atom. The molecule has 0 saturated carbocycles. The topological polar surface area (TPSA) is 115 Å². The number of halogens is 1. The molecular formula is C12H14ClN3O4S. The lowest BCUT2D eigenvalue weighted by Gasteiger charge is -2.15. The molecule has 1 aromatic rings. The van der Waals surface area contributed by atoms with Gasteiger partial charge in [-0.05, 0) is 24.5 Å². The molecule has 0 aromatic heterocycles. The molecule has 1 aromatic carbocycles. The number of thioether (sulfide) groups is 1. The Kier molecular flexibility index (Phi) is 6.44. The van der Waals surface area contributed by atoms with Gasteiger partial charge in [-0.15, -0.1) is 0 Å². The van der Waals surface area contributed by atoms with Crippen LogP contribution in [0.1, 0.15) is 16.8 Å². The fourth-order valence-electron chi connectivity index (χ4n) is 1.56. The van der Waals surface area contributed by atoms with Crippen molar-refractivity contribution in [2.45, 2.75) is 12.5 Å². The van der Waals surface area contributed by atoms with E-state index in [2.05, 4.69) is 5.32 Å². The molecule has 0 aliphatic carbocycles. The van der Waals surface area contributed by atoms with Crippen molar-refractivity contribution < 1.29 is 14.5 Å². The van der Waals surface area contributed by atoms with Crippen LogP contribution in [-0.2, 0) is 4.79 Å². The number of hydrogen-bond acceptors (Lipinski definition) is 5. The number of amides is 2. The maximum absolute atomic E-state index is 12.1. The number of non-ortho nitro benzene ring substituents is 1. The third-order valence-corrected chi connectivity index (χ3v) is 3.64. The Bertz CT molecular complexity index is 567. The molecule has 0 radical (unpaired) electrons. The number of rotatable bonds is 7. The van der Waals surface area contributed by atoms with Gasteiger partial charge in [0.2, 0.25) is 5.91 Å². The van der Waals surface area contributed by atoms with Crippen LogP contribution in [0.5, 0.6) is 0 Å². The Labute approximate surface area is 130 Å². The van der Waals surface area contributed by atoms with Crippen molar-refractivity contribution in [2.75, 3.05) is 12.0 Å². The van der Waals surface area contributed by atoms with Crippen molar-refractivity contribution in [3.8, 4) is 0 Å². The number of nitrogens with one attached hydrogen (secondary N) is 1. The second-order valence-corrected chi connectivity index (χ2v) is 5.52. The summed E-state index contributed by atoms with van der Waals surface area (Å²) in [4.78, 5) is 33.5.